The molecule has 0 unspecified atom stereocenters. The average molecular weight is 357 g/mol. The first-order valence-corrected chi connectivity index (χ1v) is 9.84. The van der Waals surface area contributed by atoms with E-state index in [9.17, 15) is 13.2 Å². The van der Waals surface area contributed by atoms with Crippen LogP contribution in [0.1, 0.15) is 31.9 Å². The van der Waals surface area contributed by atoms with Crippen LogP contribution in [0.25, 0.3) is 6.08 Å². The third kappa shape index (κ3) is 5.57. The Balaban J connectivity index is 2.01. The zero-order chi connectivity index (χ0) is 18.7. The van der Waals surface area contributed by atoms with Crippen LogP contribution >= 0.6 is 0 Å². The SMILES string of the molecule is CC(C)(C)c1ccc(NC(=O)/C=C/c2ccc(S(C)(=O)=O)cc2)cc1. The van der Waals surface area contributed by atoms with Gasteiger partial charge in [0, 0.05) is 18.0 Å². The highest BCUT2D eigenvalue weighted by molar-refractivity contribution is 7.90. The summed E-state index contributed by atoms with van der Waals surface area (Å²) in [6, 6.07) is 14.2. The molecule has 0 radical (unpaired) electrons. The summed E-state index contributed by atoms with van der Waals surface area (Å²) in [6.45, 7) is 6.41. The molecule has 0 atom stereocenters. The number of carbonyl (C=O) groups is 1. The molecular weight excluding hydrogens is 334 g/mol. The van der Waals surface area contributed by atoms with Crippen LogP contribution in [0.2, 0.25) is 0 Å². The molecule has 0 heterocycles. The van der Waals surface area contributed by atoms with Gasteiger partial charge in [-0.05, 0) is 46.9 Å². The van der Waals surface area contributed by atoms with Crippen molar-refractivity contribution in [1.82, 2.24) is 0 Å². The van der Waals surface area contributed by atoms with Gasteiger partial charge in [0.15, 0.2) is 9.84 Å². The Morgan fingerprint density at radius 3 is 2.00 bits per heavy atom. The van der Waals surface area contributed by atoms with Gasteiger partial charge >= 0.3 is 0 Å². The number of hydrogen-bond donors (Lipinski definition) is 1. The monoisotopic (exact) mass is 357 g/mol. The van der Waals surface area contributed by atoms with Gasteiger partial charge in [-0.1, -0.05) is 45.0 Å². The quantitative estimate of drug-likeness (QED) is 0.840. The number of hydrogen-bond acceptors (Lipinski definition) is 3. The lowest BCUT2D eigenvalue weighted by Crippen LogP contribution is -2.12. The molecule has 0 aliphatic carbocycles. The van der Waals surface area contributed by atoms with Crippen molar-refractivity contribution in [3.8, 4) is 0 Å². The molecule has 0 bridgehead atoms. The fourth-order valence-corrected chi connectivity index (χ4v) is 2.87. The molecule has 4 nitrogen and oxygen atoms in total. The van der Waals surface area contributed by atoms with E-state index in [1.165, 1.54) is 23.8 Å². The minimum atomic E-state index is -3.21. The fourth-order valence-electron chi connectivity index (χ4n) is 2.24. The molecular formula is C20H23NO3S. The third-order valence-electron chi connectivity index (χ3n) is 3.75. The molecule has 2 rings (SSSR count). The first-order valence-electron chi connectivity index (χ1n) is 7.95. The second kappa shape index (κ2) is 7.23. The second-order valence-corrected chi connectivity index (χ2v) is 9.01. The Labute approximate surface area is 149 Å². The molecule has 0 aliphatic rings. The highest BCUT2D eigenvalue weighted by Gasteiger charge is 2.13. The molecule has 2 aromatic rings. The lowest BCUT2D eigenvalue weighted by molar-refractivity contribution is -0.111. The van der Waals surface area contributed by atoms with Gasteiger partial charge in [0.2, 0.25) is 5.91 Å². The number of sulfone groups is 1. The van der Waals surface area contributed by atoms with Crippen LogP contribution in [0, 0.1) is 0 Å². The maximum absolute atomic E-state index is 12.0. The third-order valence-corrected chi connectivity index (χ3v) is 4.88. The van der Waals surface area contributed by atoms with Crippen molar-refractivity contribution in [3.63, 3.8) is 0 Å². The lowest BCUT2D eigenvalue weighted by atomic mass is 9.87. The van der Waals surface area contributed by atoms with E-state index in [0.717, 1.165) is 17.5 Å². The molecule has 1 N–H and O–H groups in total. The van der Waals surface area contributed by atoms with Crippen molar-refractivity contribution in [2.75, 3.05) is 11.6 Å². The summed E-state index contributed by atoms with van der Waals surface area (Å²) in [5, 5.41) is 2.80. The van der Waals surface area contributed by atoms with Crippen LogP contribution < -0.4 is 5.32 Å². The molecule has 132 valence electrons. The molecule has 0 aliphatic heterocycles. The van der Waals surface area contributed by atoms with Crippen molar-refractivity contribution in [3.05, 3.63) is 65.7 Å². The summed E-state index contributed by atoms with van der Waals surface area (Å²) in [7, 11) is -3.21. The fraction of sp³-hybridized carbons (Fsp3) is 0.250. The van der Waals surface area contributed by atoms with Crippen LogP contribution in [0.4, 0.5) is 5.69 Å². The molecule has 5 heteroatoms. The summed E-state index contributed by atoms with van der Waals surface area (Å²) >= 11 is 0. The number of amides is 1. The number of benzene rings is 2. The Kier molecular flexibility index (Phi) is 5.48. The normalized spacial score (nSPS) is 12.3. The standard InChI is InChI=1S/C20H23NO3S/c1-20(2,3)16-8-10-17(11-9-16)21-19(22)14-7-15-5-12-18(13-6-15)25(4,23)24/h5-14H,1-4H3,(H,21,22)/b14-7+. The van der Waals surface area contributed by atoms with Gasteiger partial charge in [-0.3, -0.25) is 4.79 Å². The topological polar surface area (TPSA) is 63.2 Å². The highest BCUT2D eigenvalue weighted by Crippen LogP contribution is 2.23. The maximum atomic E-state index is 12.0. The van der Waals surface area contributed by atoms with Gasteiger partial charge < -0.3 is 5.32 Å². The van der Waals surface area contributed by atoms with Gasteiger partial charge in [-0.2, -0.15) is 0 Å². The molecule has 1 amide bonds. The smallest absolute Gasteiger partial charge is 0.248 e. The van der Waals surface area contributed by atoms with E-state index < -0.39 is 9.84 Å². The van der Waals surface area contributed by atoms with Crippen LogP contribution in [-0.2, 0) is 20.0 Å². The number of rotatable bonds is 4. The number of carbonyl (C=O) groups excluding carboxylic acids is 1. The van der Waals surface area contributed by atoms with Crippen molar-refractivity contribution in [1.29, 1.82) is 0 Å². The van der Waals surface area contributed by atoms with Crippen LogP contribution in [0.15, 0.2) is 59.5 Å². The first-order chi connectivity index (χ1) is 11.6. The molecule has 25 heavy (non-hydrogen) atoms. The minimum Gasteiger partial charge on any atom is -0.323 e. The molecule has 0 spiro atoms. The largest absolute Gasteiger partial charge is 0.323 e. The van der Waals surface area contributed by atoms with Gasteiger partial charge in [-0.25, -0.2) is 8.42 Å². The minimum absolute atomic E-state index is 0.0700. The second-order valence-electron chi connectivity index (χ2n) is 6.99. The van der Waals surface area contributed by atoms with E-state index in [2.05, 4.69) is 26.1 Å². The van der Waals surface area contributed by atoms with Gasteiger partial charge in [0.1, 0.15) is 0 Å². The number of nitrogens with one attached hydrogen (secondary N) is 1. The van der Waals surface area contributed by atoms with Crippen LogP contribution in [0.3, 0.4) is 0 Å². The Hall–Kier alpha value is -2.40. The van der Waals surface area contributed by atoms with Gasteiger partial charge in [-0.15, -0.1) is 0 Å². The zero-order valence-corrected chi connectivity index (χ0v) is 15.7. The average Bonchev–Trinajstić information content (AvgIpc) is 2.52. The predicted octanol–water partition coefficient (Wildman–Crippen LogP) is 4.04. The van der Waals surface area contributed by atoms with Crippen LogP contribution in [-0.4, -0.2) is 20.6 Å². The Morgan fingerprint density at radius 1 is 0.960 bits per heavy atom. The van der Waals surface area contributed by atoms with Gasteiger partial charge in [0.25, 0.3) is 0 Å². The summed E-state index contributed by atoms with van der Waals surface area (Å²) in [5.41, 5.74) is 2.76. The summed E-state index contributed by atoms with van der Waals surface area (Å²) < 4.78 is 22.8. The maximum Gasteiger partial charge on any atom is 0.248 e. The summed E-state index contributed by atoms with van der Waals surface area (Å²) in [5.74, 6) is -0.240. The van der Waals surface area contributed by atoms with Crippen molar-refractivity contribution in [2.24, 2.45) is 0 Å². The molecule has 0 saturated carbocycles. The van der Waals surface area contributed by atoms with Crippen molar-refractivity contribution in [2.45, 2.75) is 31.1 Å². The first kappa shape index (κ1) is 18.9. The molecule has 0 aromatic heterocycles. The lowest BCUT2D eigenvalue weighted by Gasteiger charge is -2.19. The summed E-state index contributed by atoms with van der Waals surface area (Å²) in [4.78, 5) is 12.3. The van der Waals surface area contributed by atoms with Crippen LogP contribution in [0.5, 0.6) is 0 Å². The predicted molar refractivity (Wildman–Crippen MR) is 102 cm³/mol. The van der Waals surface area contributed by atoms with Crippen molar-refractivity contribution >= 4 is 27.5 Å². The van der Waals surface area contributed by atoms with E-state index in [0.29, 0.717) is 0 Å². The highest BCUT2D eigenvalue weighted by atomic mass is 32.2. The summed E-state index contributed by atoms with van der Waals surface area (Å²) in [6.07, 6.45) is 4.23. The van der Waals surface area contributed by atoms with E-state index in [-0.39, 0.29) is 16.2 Å². The number of anilines is 1. The van der Waals surface area contributed by atoms with E-state index in [1.807, 2.05) is 24.3 Å². The molecule has 0 fully saturated rings. The zero-order valence-electron chi connectivity index (χ0n) is 14.9. The Morgan fingerprint density at radius 2 is 1.52 bits per heavy atom. The van der Waals surface area contributed by atoms with E-state index in [1.54, 1.807) is 18.2 Å². The van der Waals surface area contributed by atoms with Gasteiger partial charge in [0.05, 0.1) is 4.90 Å². The van der Waals surface area contributed by atoms with Crippen molar-refractivity contribution < 1.29 is 13.2 Å². The molecule has 0 saturated heterocycles. The van der Waals surface area contributed by atoms with E-state index in [4.69, 9.17) is 0 Å². The Bertz CT molecular complexity index is 872. The molecule has 2 aromatic carbocycles. The van der Waals surface area contributed by atoms with E-state index >= 15 is 0 Å².